The maximum Gasteiger partial charge on any atom is 0.370 e. The van der Waals surface area contributed by atoms with Crippen molar-refractivity contribution < 1.29 is 15.0 Å². The third-order valence-electron chi connectivity index (χ3n) is 2.27. The van der Waals surface area contributed by atoms with Gasteiger partial charge in [-0.05, 0) is 24.3 Å². The van der Waals surface area contributed by atoms with Crippen molar-refractivity contribution in [3.05, 3.63) is 11.8 Å². The van der Waals surface area contributed by atoms with Crippen LogP contribution in [-0.4, -0.2) is 16.2 Å². The van der Waals surface area contributed by atoms with Crippen LogP contribution in [-0.2, 0) is 4.79 Å². The highest BCUT2D eigenvalue weighted by Gasteiger charge is 2.16. The first kappa shape index (κ1) is 13.0. The first-order valence-electron chi connectivity index (χ1n) is 5.01. The molecule has 0 saturated heterocycles. The average molecular weight is 200 g/mol. The van der Waals surface area contributed by atoms with E-state index in [0.29, 0.717) is 6.42 Å². The van der Waals surface area contributed by atoms with E-state index in [9.17, 15) is 4.79 Å². The molecule has 0 aromatic carbocycles. The fourth-order valence-electron chi connectivity index (χ4n) is 1.22. The predicted molar refractivity (Wildman–Crippen MR) is 56.3 cm³/mol. The van der Waals surface area contributed by atoms with Crippen LogP contribution in [0.4, 0.5) is 0 Å². The summed E-state index contributed by atoms with van der Waals surface area (Å²) in [6.45, 7) is 6.28. The second-order valence-corrected chi connectivity index (χ2v) is 4.37. The van der Waals surface area contributed by atoms with Gasteiger partial charge in [0, 0.05) is 0 Å². The quantitative estimate of drug-likeness (QED) is 0.511. The second-order valence-electron chi connectivity index (χ2n) is 4.37. The zero-order valence-electron chi connectivity index (χ0n) is 9.21. The number of aliphatic hydroxyl groups is 1. The van der Waals surface area contributed by atoms with Gasteiger partial charge in [-0.25, -0.2) is 4.79 Å². The molecule has 14 heavy (non-hydrogen) atoms. The molecule has 0 aromatic rings. The molecule has 0 rings (SSSR count). The largest absolute Gasteiger partial charge is 0.502 e. The third-order valence-corrected chi connectivity index (χ3v) is 2.27. The number of hydrogen-bond donors (Lipinski definition) is 2. The molecular weight excluding hydrogens is 180 g/mol. The number of allylic oxidation sites excluding steroid dienone is 1. The summed E-state index contributed by atoms with van der Waals surface area (Å²) in [7, 11) is 0. The molecule has 0 aromatic heterocycles. The van der Waals surface area contributed by atoms with E-state index in [1.165, 1.54) is 6.08 Å². The SMILES string of the molecule is CCCCC(C)(C)C/C=C(\O)C(=O)O. The van der Waals surface area contributed by atoms with Crippen LogP contribution in [0.25, 0.3) is 0 Å². The Morgan fingerprint density at radius 2 is 1.93 bits per heavy atom. The monoisotopic (exact) mass is 200 g/mol. The summed E-state index contributed by atoms with van der Waals surface area (Å²) in [5.41, 5.74) is 0.0689. The zero-order valence-corrected chi connectivity index (χ0v) is 9.21. The summed E-state index contributed by atoms with van der Waals surface area (Å²) in [6, 6.07) is 0. The number of carboxylic acids is 1. The maximum atomic E-state index is 10.3. The van der Waals surface area contributed by atoms with Crippen LogP contribution in [0.15, 0.2) is 11.8 Å². The highest BCUT2D eigenvalue weighted by Crippen LogP contribution is 2.28. The van der Waals surface area contributed by atoms with Gasteiger partial charge in [0.05, 0.1) is 0 Å². The fourth-order valence-corrected chi connectivity index (χ4v) is 1.22. The summed E-state index contributed by atoms with van der Waals surface area (Å²) >= 11 is 0. The Kier molecular flexibility index (Phi) is 5.28. The van der Waals surface area contributed by atoms with Crippen LogP contribution in [0, 0.1) is 5.41 Å². The van der Waals surface area contributed by atoms with Crippen molar-refractivity contribution >= 4 is 5.97 Å². The van der Waals surface area contributed by atoms with Gasteiger partial charge in [0.15, 0.2) is 5.76 Å². The number of aliphatic hydroxyl groups excluding tert-OH is 1. The Morgan fingerprint density at radius 3 is 2.36 bits per heavy atom. The van der Waals surface area contributed by atoms with E-state index in [0.717, 1.165) is 19.3 Å². The van der Waals surface area contributed by atoms with E-state index in [-0.39, 0.29) is 5.41 Å². The molecule has 0 atom stereocenters. The predicted octanol–water partition coefficient (Wildman–Crippen LogP) is 3.12. The molecule has 3 heteroatoms. The summed E-state index contributed by atoms with van der Waals surface area (Å²) < 4.78 is 0. The number of carboxylic acid groups (broad SMARTS) is 1. The average Bonchev–Trinajstić information content (AvgIpc) is 2.11. The molecule has 2 N–H and O–H groups in total. The molecule has 3 nitrogen and oxygen atoms in total. The molecule has 0 spiro atoms. The van der Waals surface area contributed by atoms with Gasteiger partial charge in [-0.15, -0.1) is 0 Å². The number of unbranched alkanes of at least 4 members (excludes halogenated alkanes) is 1. The van der Waals surface area contributed by atoms with Gasteiger partial charge in [-0.1, -0.05) is 33.6 Å². The lowest BCUT2D eigenvalue weighted by atomic mass is 9.84. The smallest absolute Gasteiger partial charge is 0.370 e. The van der Waals surface area contributed by atoms with Gasteiger partial charge >= 0.3 is 5.97 Å². The van der Waals surface area contributed by atoms with Crippen LogP contribution in [0.1, 0.15) is 46.5 Å². The van der Waals surface area contributed by atoms with Crippen LogP contribution >= 0.6 is 0 Å². The minimum Gasteiger partial charge on any atom is -0.502 e. The van der Waals surface area contributed by atoms with E-state index in [4.69, 9.17) is 10.2 Å². The molecule has 0 radical (unpaired) electrons. The first-order chi connectivity index (χ1) is 6.39. The van der Waals surface area contributed by atoms with Crippen molar-refractivity contribution in [1.82, 2.24) is 0 Å². The molecular formula is C11H20O3. The minimum absolute atomic E-state index is 0.0689. The van der Waals surface area contributed by atoms with Crippen molar-refractivity contribution in [2.75, 3.05) is 0 Å². The van der Waals surface area contributed by atoms with Gasteiger partial charge in [0.1, 0.15) is 0 Å². The second kappa shape index (κ2) is 5.68. The highest BCUT2D eigenvalue weighted by molar-refractivity contribution is 5.83. The Bertz CT molecular complexity index is 217. The van der Waals surface area contributed by atoms with Crippen LogP contribution in [0.3, 0.4) is 0 Å². The number of carbonyl (C=O) groups is 1. The van der Waals surface area contributed by atoms with Crippen molar-refractivity contribution in [1.29, 1.82) is 0 Å². The lowest BCUT2D eigenvalue weighted by molar-refractivity contribution is -0.135. The van der Waals surface area contributed by atoms with Crippen LogP contribution in [0.5, 0.6) is 0 Å². The summed E-state index contributed by atoms with van der Waals surface area (Å²) in [5, 5.41) is 17.4. The van der Waals surface area contributed by atoms with Gasteiger partial charge in [0.25, 0.3) is 0 Å². The Labute approximate surface area is 85.4 Å². The minimum atomic E-state index is -1.25. The number of aliphatic carboxylic acids is 1. The molecule has 0 bridgehead atoms. The van der Waals surface area contributed by atoms with E-state index in [1.54, 1.807) is 0 Å². The molecule has 0 aliphatic heterocycles. The van der Waals surface area contributed by atoms with Crippen molar-refractivity contribution in [3.8, 4) is 0 Å². The molecule has 0 unspecified atom stereocenters. The van der Waals surface area contributed by atoms with E-state index >= 15 is 0 Å². The molecule has 0 saturated carbocycles. The van der Waals surface area contributed by atoms with Crippen molar-refractivity contribution in [3.63, 3.8) is 0 Å². The molecule has 0 heterocycles. The Morgan fingerprint density at radius 1 is 1.36 bits per heavy atom. The molecule has 82 valence electrons. The first-order valence-corrected chi connectivity index (χ1v) is 5.01. The molecule has 0 aliphatic carbocycles. The molecule has 0 fully saturated rings. The molecule has 0 aliphatic rings. The lowest BCUT2D eigenvalue weighted by Gasteiger charge is -2.22. The standard InChI is InChI=1S/C11H20O3/c1-4-5-7-11(2,3)8-6-9(12)10(13)14/h6,12H,4-5,7-8H2,1-3H3,(H,13,14)/b9-6-. The number of hydrogen-bond acceptors (Lipinski definition) is 2. The molecule has 0 amide bonds. The zero-order chi connectivity index (χ0) is 11.2. The van der Waals surface area contributed by atoms with E-state index < -0.39 is 11.7 Å². The maximum absolute atomic E-state index is 10.3. The van der Waals surface area contributed by atoms with Gasteiger partial charge < -0.3 is 10.2 Å². The van der Waals surface area contributed by atoms with E-state index in [2.05, 4.69) is 20.8 Å². The Hall–Kier alpha value is -0.990. The summed E-state index contributed by atoms with van der Waals surface area (Å²) in [5.74, 6) is -1.80. The third kappa shape index (κ3) is 5.62. The summed E-state index contributed by atoms with van der Waals surface area (Å²) in [6.07, 6.45) is 5.31. The van der Waals surface area contributed by atoms with Gasteiger partial charge in [0.2, 0.25) is 0 Å². The van der Waals surface area contributed by atoms with Crippen LogP contribution in [0.2, 0.25) is 0 Å². The highest BCUT2D eigenvalue weighted by atomic mass is 16.4. The topological polar surface area (TPSA) is 57.5 Å². The normalized spacial score (nSPS) is 12.9. The fraction of sp³-hybridized carbons (Fsp3) is 0.727. The summed E-state index contributed by atoms with van der Waals surface area (Å²) in [4.78, 5) is 10.3. The van der Waals surface area contributed by atoms with Crippen molar-refractivity contribution in [2.24, 2.45) is 5.41 Å². The van der Waals surface area contributed by atoms with E-state index in [1.807, 2.05) is 0 Å². The van der Waals surface area contributed by atoms with Crippen molar-refractivity contribution in [2.45, 2.75) is 46.5 Å². The Balaban J connectivity index is 4.09. The van der Waals surface area contributed by atoms with Gasteiger partial charge in [-0.2, -0.15) is 0 Å². The lowest BCUT2D eigenvalue weighted by Crippen LogP contribution is -2.11. The van der Waals surface area contributed by atoms with Gasteiger partial charge in [-0.3, -0.25) is 0 Å². The number of rotatable bonds is 6. The van der Waals surface area contributed by atoms with Crippen LogP contribution < -0.4 is 0 Å².